The highest BCUT2D eigenvalue weighted by atomic mass is 32.2. The predicted molar refractivity (Wildman–Crippen MR) is 54.2 cm³/mol. The van der Waals surface area contributed by atoms with Crippen LogP contribution in [-0.4, -0.2) is 19.5 Å². The Bertz CT molecular complexity index is 671. The van der Waals surface area contributed by atoms with Gasteiger partial charge in [0.15, 0.2) is 0 Å². The molecule has 4 nitrogen and oxygen atoms in total. The van der Waals surface area contributed by atoms with Gasteiger partial charge in [-0.15, -0.1) is 0 Å². The second kappa shape index (κ2) is 3.58. The fourth-order valence-electron chi connectivity index (χ4n) is 1.60. The number of carboxylic acid groups (broad SMARTS) is 1. The summed E-state index contributed by atoms with van der Waals surface area (Å²) >= 11 is 0. The van der Waals surface area contributed by atoms with E-state index in [0.717, 1.165) is 6.07 Å². The molecule has 2 rings (SSSR count). The molecule has 0 aliphatic carbocycles. The summed E-state index contributed by atoms with van der Waals surface area (Å²) < 4.78 is 60.4. The highest BCUT2D eigenvalue weighted by Gasteiger charge is 2.36. The Balaban J connectivity index is 2.70. The average molecular weight is 278 g/mol. The number of halogens is 3. The SMILES string of the molecule is O=C(O)C1=CS(=O)(=O)c2cc(C(F)(F)F)ccc21. The number of fused-ring (bicyclic) bond motifs is 1. The number of sulfone groups is 1. The topological polar surface area (TPSA) is 71.4 Å². The van der Waals surface area contributed by atoms with Crippen molar-refractivity contribution in [2.45, 2.75) is 11.1 Å². The molecule has 18 heavy (non-hydrogen) atoms. The lowest BCUT2D eigenvalue weighted by Crippen LogP contribution is -2.07. The van der Waals surface area contributed by atoms with E-state index in [-0.39, 0.29) is 5.56 Å². The van der Waals surface area contributed by atoms with Crippen LogP contribution in [0.3, 0.4) is 0 Å². The van der Waals surface area contributed by atoms with Crippen molar-refractivity contribution < 1.29 is 31.5 Å². The zero-order chi connectivity index (χ0) is 13.7. The molecule has 1 aromatic rings. The van der Waals surface area contributed by atoms with E-state index in [1.54, 1.807) is 0 Å². The van der Waals surface area contributed by atoms with Gasteiger partial charge in [0.2, 0.25) is 9.84 Å². The van der Waals surface area contributed by atoms with Crippen LogP contribution in [0.15, 0.2) is 28.5 Å². The maximum atomic E-state index is 12.4. The van der Waals surface area contributed by atoms with Crippen LogP contribution in [0.5, 0.6) is 0 Å². The molecule has 0 aromatic heterocycles. The van der Waals surface area contributed by atoms with Crippen LogP contribution in [0.2, 0.25) is 0 Å². The second-order valence-electron chi connectivity index (χ2n) is 3.59. The van der Waals surface area contributed by atoms with Crippen LogP contribution in [0.4, 0.5) is 13.2 Å². The Labute approximate surface area is 99.3 Å². The average Bonchev–Trinajstić information content (AvgIpc) is 2.50. The Morgan fingerprint density at radius 3 is 2.33 bits per heavy atom. The summed E-state index contributed by atoms with van der Waals surface area (Å²) in [5, 5.41) is 9.22. The lowest BCUT2D eigenvalue weighted by molar-refractivity contribution is -0.137. The summed E-state index contributed by atoms with van der Waals surface area (Å²) in [7, 11) is -4.13. The van der Waals surface area contributed by atoms with Gasteiger partial charge < -0.3 is 5.11 Å². The normalized spacial score (nSPS) is 17.2. The number of rotatable bonds is 1. The molecule has 96 valence electrons. The first-order valence-electron chi connectivity index (χ1n) is 4.54. The van der Waals surface area contributed by atoms with Crippen molar-refractivity contribution >= 4 is 21.4 Å². The van der Waals surface area contributed by atoms with Crippen molar-refractivity contribution in [3.63, 3.8) is 0 Å². The number of hydrogen-bond acceptors (Lipinski definition) is 3. The van der Waals surface area contributed by atoms with Gasteiger partial charge in [-0.3, -0.25) is 0 Å². The molecule has 1 aliphatic rings. The molecule has 0 fully saturated rings. The van der Waals surface area contributed by atoms with Gasteiger partial charge >= 0.3 is 12.1 Å². The van der Waals surface area contributed by atoms with Gasteiger partial charge in [-0.25, -0.2) is 13.2 Å². The Morgan fingerprint density at radius 2 is 1.83 bits per heavy atom. The van der Waals surface area contributed by atoms with Crippen LogP contribution in [-0.2, 0) is 20.8 Å². The lowest BCUT2D eigenvalue weighted by atomic mass is 10.1. The summed E-state index contributed by atoms with van der Waals surface area (Å²) in [5.74, 6) is -1.50. The van der Waals surface area contributed by atoms with E-state index in [4.69, 9.17) is 5.11 Å². The lowest BCUT2D eigenvalue weighted by Gasteiger charge is -2.08. The minimum atomic E-state index is -4.68. The van der Waals surface area contributed by atoms with E-state index in [1.807, 2.05) is 0 Å². The summed E-state index contributed by atoms with van der Waals surface area (Å²) in [5.41, 5.74) is -1.89. The maximum absolute atomic E-state index is 12.4. The van der Waals surface area contributed by atoms with Crippen LogP contribution in [0, 0.1) is 0 Å². The summed E-state index contributed by atoms with van der Waals surface area (Å²) in [6.45, 7) is 0. The monoisotopic (exact) mass is 278 g/mol. The van der Waals surface area contributed by atoms with Crippen molar-refractivity contribution in [1.82, 2.24) is 0 Å². The molecule has 8 heteroatoms. The highest BCUT2D eigenvalue weighted by Crippen LogP contribution is 2.38. The van der Waals surface area contributed by atoms with Crippen molar-refractivity contribution in [2.24, 2.45) is 0 Å². The number of carbonyl (C=O) groups is 1. The van der Waals surface area contributed by atoms with Crippen LogP contribution in [0.1, 0.15) is 11.1 Å². The molecule has 1 N–H and O–H groups in total. The minimum absolute atomic E-state index is 0.226. The first-order valence-corrected chi connectivity index (χ1v) is 6.09. The number of carboxylic acids is 1. The quantitative estimate of drug-likeness (QED) is 0.851. The molecule has 1 aromatic carbocycles. The van der Waals surface area contributed by atoms with Gasteiger partial charge in [0.05, 0.1) is 21.4 Å². The van der Waals surface area contributed by atoms with Crippen LogP contribution >= 0.6 is 0 Å². The van der Waals surface area contributed by atoms with Gasteiger partial charge in [0, 0.05) is 5.56 Å². The first kappa shape index (κ1) is 12.6. The van der Waals surface area contributed by atoms with Gasteiger partial charge in [0.25, 0.3) is 0 Å². The molecule has 1 aliphatic heterocycles. The van der Waals surface area contributed by atoms with Crippen molar-refractivity contribution in [1.29, 1.82) is 0 Å². The van der Waals surface area contributed by atoms with E-state index >= 15 is 0 Å². The molecule has 1 heterocycles. The van der Waals surface area contributed by atoms with Crippen molar-refractivity contribution in [3.05, 3.63) is 34.7 Å². The highest BCUT2D eigenvalue weighted by molar-refractivity contribution is 7.95. The van der Waals surface area contributed by atoms with E-state index in [9.17, 15) is 26.4 Å². The second-order valence-corrected chi connectivity index (χ2v) is 5.36. The third kappa shape index (κ3) is 1.88. The maximum Gasteiger partial charge on any atom is 0.416 e. The Morgan fingerprint density at radius 1 is 1.22 bits per heavy atom. The minimum Gasteiger partial charge on any atom is -0.478 e. The van der Waals surface area contributed by atoms with Gasteiger partial charge in [0.1, 0.15) is 0 Å². The van der Waals surface area contributed by atoms with Crippen molar-refractivity contribution in [2.75, 3.05) is 0 Å². The number of hydrogen-bond donors (Lipinski definition) is 1. The molecular formula is C10H5F3O4S. The van der Waals surface area contributed by atoms with Crippen LogP contribution < -0.4 is 0 Å². The molecule has 0 atom stereocenters. The summed E-state index contributed by atoms with van der Waals surface area (Å²) in [6, 6.07) is 1.94. The molecule has 0 saturated carbocycles. The predicted octanol–water partition coefficient (Wildman–Crippen LogP) is 1.92. The molecule has 0 saturated heterocycles. The van der Waals surface area contributed by atoms with Crippen molar-refractivity contribution in [3.8, 4) is 0 Å². The van der Waals surface area contributed by atoms with Gasteiger partial charge in [-0.2, -0.15) is 13.2 Å². The van der Waals surface area contributed by atoms with E-state index < -0.39 is 38.0 Å². The van der Waals surface area contributed by atoms with Crippen LogP contribution in [0.25, 0.3) is 5.57 Å². The van der Waals surface area contributed by atoms with E-state index in [0.29, 0.717) is 17.5 Å². The number of aliphatic carboxylic acids is 1. The summed E-state index contributed by atoms with van der Waals surface area (Å²) in [4.78, 5) is 10.1. The fraction of sp³-hybridized carbons (Fsp3) is 0.100. The summed E-state index contributed by atoms with van der Waals surface area (Å²) in [6.07, 6.45) is -4.68. The third-order valence-corrected chi connectivity index (χ3v) is 3.91. The molecular weight excluding hydrogens is 273 g/mol. The standard InChI is InChI=1S/C10H5F3O4S/c11-10(12,13)5-1-2-6-7(9(14)15)4-18(16,17)8(6)3-5/h1-4H,(H,14,15). The Kier molecular flexibility index (Phi) is 2.51. The molecule has 0 bridgehead atoms. The van der Waals surface area contributed by atoms with E-state index in [2.05, 4.69) is 0 Å². The smallest absolute Gasteiger partial charge is 0.416 e. The molecule has 0 radical (unpaired) electrons. The zero-order valence-corrected chi connectivity index (χ0v) is 9.34. The van der Waals surface area contributed by atoms with Gasteiger partial charge in [-0.1, -0.05) is 6.07 Å². The first-order chi connectivity index (χ1) is 8.13. The van der Waals surface area contributed by atoms with E-state index in [1.165, 1.54) is 0 Å². The molecule has 0 amide bonds. The third-order valence-electron chi connectivity index (χ3n) is 2.41. The fourth-order valence-corrected chi connectivity index (χ4v) is 3.05. The molecule has 0 unspecified atom stereocenters. The largest absolute Gasteiger partial charge is 0.478 e. The van der Waals surface area contributed by atoms with Gasteiger partial charge in [-0.05, 0) is 12.1 Å². The molecule has 0 spiro atoms. The number of benzene rings is 1. The number of alkyl halides is 3. The zero-order valence-electron chi connectivity index (χ0n) is 8.52. The Hall–Kier alpha value is -1.83.